The Balaban J connectivity index is 1.85. The summed E-state index contributed by atoms with van der Waals surface area (Å²) >= 11 is 0. The van der Waals surface area contributed by atoms with E-state index in [0.717, 1.165) is 0 Å². The zero-order valence-electron chi connectivity index (χ0n) is 10.1. The summed E-state index contributed by atoms with van der Waals surface area (Å²) in [4.78, 5) is 0. The van der Waals surface area contributed by atoms with Gasteiger partial charge in [0.1, 0.15) is 0 Å². The van der Waals surface area contributed by atoms with E-state index in [-0.39, 0.29) is 0 Å². The molecule has 0 unspecified atom stereocenters. The van der Waals surface area contributed by atoms with Crippen molar-refractivity contribution < 1.29 is 0 Å². The molecule has 1 saturated heterocycles. The predicted octanol–water partition coefficient (Wildman–Crippen LogP) is 2.73. The minimum atomic E-state index is 0.551. The van der Waals surface area contributed by atoms with Crippen LogP contribution in [0.25, 0.3) is 0 Å². The van der Waals surface area contributed by atoms with E-state index in [9.17, 15) is 0 Å². The maximum Gasteiger partial charge on any atom is 0.0597 e. The van der Waals surface area contributed by atoms with Gasteiger partial charge in [-0.3, -0.25) is 4.68 Å². The molecule has 1 N–H and O–H groups in total. The van der Waals surface area contributed by atoms with Crippen molar-refractivity contribution in [3.8, 4) is 0 Å². The molecule has 1 aliphatic carbocycles. The lowest BCUT2D eigenvalue weighted by atomic mass is 9.92. The van der Waals surface area contributed by atoms with Crippen molar-refractivity contribution in [3.05, 3.63) is 17.5 Å². The molecule has 0 radical (unpaired) electrons. The number of aryl methyl sites for hydroxylation is 1. The molecular formula is C13H21N3. The maximum atomic E-state index is 4.68. The summed E-state index contributed by atoms with van der Waals surface area (Å²) in [6.07, 6.45) is 7.97. The van der Waals surface area contributed by atoms with Crippen LogP contribution in [-0.2, 0) is 0 Å². The highest BCUT2D eigenvalue weighted by Gasteiger charge is 2.26. The van der Waals surface area contributed by atoms with Crippen LogP contribution in [0, 0.1) is 6.92 Å². The Morgan fingerprint density at radius 2 is 2.12 bits per heavy atom. The van der Waals surface area contributed by atoms with Crippen LogP contribution in [0.1, 0.15) is 62.0 Å². The van der Waals surface area contributed by atoms with E-state index in [0.29, 0.717) is 12.1 Å². The Bertz CT molecular complexity index is 359. The average molecular weight is 219 g/mol. The molecule has 2 fully saturated rings. The molecule has 3 rings (SSSR count). The summed E-state index contributed by atoms with van der Waals surface area (Å²) in [5.41, 5.74) is 2.61. The number of rotatable bonds is 2. The third kappa shape index (κ3) is 1.77. The zero-order chi connectivity index (χ0) is 11.0. The van der Waals surface area contributed by atoms with Gasteiger partial charge < -0.3 is 5.32 Å². The molecule has 16 heavy (non-hydrogen) atoms. The van der Waals surface area contributed by atoms with Crippen LogP contribution in [0.5, 0.6) is 0 Å². The van der Waals surface area contributed by atoms with Crippen molar-refractivity contribution in [2.75, 3.05) is 6.54 Å². The summed E-state index contributed by atoms with van der Waals surface area (Å²) in [5.74, 6) is 0. The third-order valence-corrected chi connectivity index (χ3v) is 3.97. The molecule has 3 nitrogen and oxygen atoms in total. The molecule has 1 saturated carbocycles. The largest absolute Gasteiger partial charge is 0.309 e. The Morgan fingerprint density at radius 3 is 2.75 bits per heavy atom. The molecule has 2 aliphatic rings. The molecule has 0 aromatic carbocycles. The van der Waals surface area contributed by atoms with Gasteiger partial charge >= 0.3 is 0 Å². The van der Waals surface area contributed by atoms with Crippen LogP contribution >= 0.6 is 0 Å². The molecule has 0 bridgehead atoms. The molecule has 1 atom stereocenters. The van der Waals surface area contributed by atoms with Crippen molar-refractivity contribution in [1.29, 1.82) is 0 Å². The van der Waals surface area contributed by atoms with Gasteiger partial charge in [0.15, 0.2) is 0 Å². The van der Waals surface area contributed by atoms with Gasteiger partial charge in [0.25, 0.3) is 0 Å². The quantitative estimate of drug-likeness (QED) is 0.829. The highest BCUT2D eigenvalue weighted by molar-refractivity contribution is 5.15. The van der Waals surface area contributed by atoms with Crippen LogP contribution in [0.2, 0.25) is 0 Å². The summed E-state index contributed by atoms with van der Waals surface area (Å²) < 4.78 is 2.31. The fraction of sp³-hybridized carbons (Fsp3) is 0.769. The lowest BCUT2D eigenvalue weighted by molar-refractivity contribution is 0.267. The van der Waals surface area contributed by atoms with E-state index in [1.807, 2.05) is 0 Å². The second kappa shape index (κ2) is 4.21. The zero-order valence-corrected chi connectivity index (χ0v) is 10.1. The van der Waals surface area contributed by atoms with Crippen LogP contribution in [0.15, 0.2) is 6.07 Å². The van der Waals surface area contributed by atoms with Gasteiger partial charge in [-0.1, -0.05) is 6.42 Å². The molecule has 1 aromatic heterocycles. The second-order valence-electron chi connectivity index (χ2n) is 5.24. The lowest BCUT2D eigenvalue weighted by Gasteiger charge is -2.31. The van der Waals surface area contributed by atoms with Gasteiger partial charge in [-0.05, 0) is 51.6 Å². The molecule has 88 valence electrons. The van der Waals surface area contributed by atoms with Gasteiger partial charge in [0.05, 0.1) is 17.4 Å². The monoisotopic (exact) mass is 219 g/mol. The molecule has 2 heterocycles. The van der Waals surface area contributed by atoms with Gasteiger partial charge in [-0.15, -0.1) is 0 Å². The van der Waals surface area contributed by atoms with E-state index in [4.69, 9.17) is 0 Å². The highest BCUT2D eigenvalue weighted by atomic mass is 15.3. The van der Waals surface area contributed by atoms with Crippen molar-refractivity contribution in [2.45, 2.75) is 57.5 Å². The Morgan fingerprint density at radius 1 is 1.25 bits per heavy atom. The highest BCUT2D eigenvalue weighted by Crippen LogP contribution is 2.35. The smallest absolute Gasteiger partial charge is 0.0597 e. The number of nitrogens with one attached hydrogen (secondary N) is 1. The van der Waals surface area contributed by atoms with E-state index < -0.39 is 0 Å². The van der Waals surface area contributed by atoms with E-state index in [1.54, 1.807) is 0 Å². The van der Waals surface area contributed by atoms with Gasteiger partial charge in [-0.2, -0.15) is 5.10 Å². The molecule has 1 aliphatic heterocycles. The Kier molecular flexibility index (Phi) is 2.72. The SMILES string of the molecule is Cc1cc([C@H]2CCCCN2)n(C2CCC2)n1. The summed E-state index contributed by atoms with van der Waals surface area (Å²) in [5, 5.41) is 8.32. The van der Waals surface area contributed by atoms with Gasteiger partial charge in [0, 0.05) is 6.04 Å². The average Bonchev–Trinajstić information content (AvgIpc) is 2.59. The second-order valence-corrected chi connectivity index (χ2v) is 5.24. The standard InChI is InChI=1S/C13H21N3/c1-10-9-13(12-7-2-3-8-14-12)16(15-10)11-5-4-6-11/h9,11-12,14H,2-8H2,1H3/t12-/m1/s1. The number of nitrogens with zero attached hydrogens (tertiary/aromatic N) is 2. The topological polar surface area (TPSA) is 29.9 Å². The first-order chi connectivity index (χ1) is 7.84. The normalized spacial score (nSPS) is 26.7. The number of aromatic nitrogens is 2. The summed E-state index contributed by atoms with van der Waals surface area (Å²) in [6.45, 7) is 3.28. The van der Waals surface area contributed by atoms with E-state index in [2.05, 4.69) is 28.1 Å². The third-order valence-electron chi connectivity index (χ3n) is 3.97. The lowest BCUT2D eigenvalue weighted by Crippen LogP contribution is -2.31. The van der Waals surface area contributed by atoms with Crippen molar-refractivity contribution in [1.82, 2.24) is 15.1 Å². The predicted molar refractivity (Wildman–Crippen MR) is 64.4 cm³/mol. The van der Waals surface area contributed by atoms with Crippen LogP contribution in [0.3, 0.4) is 0 Å². The van der Waals surface area contributed by atoms with E-state index >= 15 is 0 Å². The first kappa shape index (κ1) is 10.3. The molecule has 3 heteroatoms. The van der Waals surface area contributed by atoms with Gasteiger partial charge in [-0.25, -0.2) is 0 Å². The maximum absolute atomic E-state index is 4.68. The molecular weight excluding hydrogens is 198 g/mol. The summed E-state index contributed by atoms with van der Waals surface area (Å²) in [6, 6.07) is 3.52. The first-order valence-corrected chi connectivity index (χ1v) is 6.64. The molecule has 0 amide bonds. The van der Waals surface area contributed by atoms with Gasteiger partial charge in [0.2, 0.25) is 0 Å². The molecule has 0 spiro atoms. The van der Waals surface area contributed by atoms with Crippen LogP contribution in [-0.4, -0.2) is 16.3 Å². The van der Waals surface area contributed by atoms with E-state index in [1.165, 1.54) is 56.5 Å². The number of piperidine rings is 1. The van der Waals surface area contributed by atoms with Crippen molar-refractivity contribution in [3.63, 3.8) is 0 Å². The van der Waals surface area contributed by atoms with Crippen LogP contribution in [0.4, 0.5) is 0 Å². The minimum Gasteiger partial charge on any atom is -0.309 e. The number of hydrogen-bond acceptors (Lipinski definition) is 2. The van der Waals surface area contributed by atoms with Crippen molar-refractivity contribution >= 4 is 0 Å². The van der Waals surface area contributed by atoms with Crippen molar-refractivity contribution in [2.24, 2.45) is 0 Å². The fourth-order valence-electron chi connectivity index (χ4n) is 2.82. The first-order valence-electron chi connectivity index (χ1n) is 6.64. The Labute approximate surface area is 97.2 Å². The summed E-state index contributed by atoms with van der Waals surface area (Å²) in [7, 11) is 0. The fourth-order valence-corrected chi connectivity index (χ4v) is 2.82. The molecule has 1 aromatic rings. The van der Waals surface area contributed by atoms with Crippen LogP contribution < -0.4 is 5.32 Å². The minimum absolute atomic E-state index is 0.551. The number of hydrogen-bond donors (Lipinski definition) is 1. The Hall–Kier alpha value is -0.830.